The molecule has 3 N–H and O–H groups in total. The number of benzene rings is 1. The SMILES string of the molecule is Cc1ccc(F)cc1CC(CC1CCCCO1)NN. The van der Waals surface area contributed by atoms with E-state index in [1.54, 1.807) is 6.07 Å². The van der Waals surface area contributed by atoms with Crippen LogP contribution in [-0.4, -0.2) is 18.8 Å². The standard InChI is InChI=1S/C15H23FN2O/c1-11-5-6-13(16)8-12(11)9-14(18-17)10-15-4-2-3-7-19-15/h5-6,8,14-15,18H,2-4,7,9-10,17H2,1H3. The van der Waals surface area contributed by atoms with Crippen LogP contribution in [0.4, 0.5) is 4.39 Å². The van der Waals surface area contributed by atoms with E-state index in [0.29, 0.717) is 0 Å². The molecular weight excluding hydrogens is 243 g/mol. The second-order valence-electron chi connectivity index (χ2n) is 5.36. The van der Waals surface area contributed by atoms with Crippen molar-refractivity contribution in [1.29, 1.82) is 0 Å². The van der Waals surface area contributed by atoms with E-state index >= 15 is 0 Å². The lowest BCUT2D eigenvalue weighted by Crippen LogP contribution is -2.40. The first-order valence-electron chi connectivity index (χ1n) is 7.02. The molecule has 106 valence electrons. The summed E-state index contributed by atoms with van der Waals surface area (Å²) in [6, 6.07) is 5.04. The Morgan fingerprint density at radius 3 is 3.00 bits per heavy atom. The fraction of sp³-hybridized carbons (Fsp3) is 0.600. The van der Waals surface area contributed by atoms with Crippen molar-refractivity contribution in [2.24, 2.45) is 5.84 Å². The molecule has 1 saturated heterocycles. The molecule has 19 heavy (non-hydrogen) atoms. The maximum Gasteiger partial charge on any atom is 0.123 e. The first-order valence-corrected chi connectivity index (χ1v) is 7.02. The molecule has 1 aliphatic heterocycles. The van der Waals surface area contributed by atoms with Crippen LogP contribution in [-0.2, 0) is 11.2 Å². The van der Waals surface area contributed by atoms with Crippen LogP contribution in [0.2, 0.25) is 0 Å². The molecule has 1 aromatic rings. The monoisotopic (exact) mass is 266 g/mol. The number of halogens is 1. The van der Waals surface area contributed by atoms with Gasteiger partial charge in [0.05, 0.1) is 6.10 Å². The highest BCUT2D eigenvalue weighted by Crippen LogP contribution is 2.20. The predicted molar refractivity (Wildman–Crippen MR) is 74.2 cm³/mol. The van der Waals surface area contributed by atoms with Gasteiger partial charge in [0, 0.05) is 12.6 Å². The fourth-order valence-electron chi connectivity index (χ4n) is 2.65. The van der Waals surface area contributed by atoms with E-state index in [-0.39, 0.29) is 18.0 Å². The van der Waals surface area contributed by atoms with Crippen LogP contribution in [0.25, 0.3) is 0 Å². The third-order valence-electron chi connectivity index (χ3n) is 3.83. The quantitative estimate of drug-likeness (QED) is 0.636. The predicted octanol–water partition coefficient (Wildman–Crippen LogP) is 2.47. The summed E-state index contributed by atoms with van der Waals surface area (Å²) in [5.74, 6) is 5.44. The van der Waals surface area contributed by atoms with E-state index in [1.807, 2.05) is 13.0 Å². The van der Waals surface area contributed by atoms with Crippen molar-refractivity contribution in [3.8, 4) is 0 Å². The lowest BCUT2D eigenvalue weighted by molar-refractivity contribution is 0.00523. The van der Waals surface area contributed by atoms with Gasteiger partial charge in [-0.25, -0.2) is 4.39 Å². The second kappa shape index (κ2) is 6.98. The Hall–Kier alpha value is -0.970. The average Bonchev–Trinajstić information content (AvgIpc) is 2.43. The van der Waals surface area contributed by atoms with E-state index < -0.39 is 0 Å². The first-order chi connectivity index (χ1) is 9.19. The lowest BCUT2D eigenvalue weighted by atomic mass is 9.95. The van der Waals surface area contributed by atoms with E-state index in [4.69, 9.17) is 10.6 Å². The highest BCUT2D eigenvalue weighted by molar-refractivity contribution is 5.27. The molecule has 0 radical (unpaired) electrons. The maximum atomic E-state index is 13.3. The van der Waals surface area contributed by atoms with E-state index in [1.165, 1.54) is 12.5 Å². The summed E-state index contributed by atoms with van der Waals surface area (Å²) in [7, 11) is 0. The molecule has 1 heterocycles. The second-order valence-corrected chi connectivity index (χ2v) is 5.36. The highest BCUT2D eigenvalue weighted by atomic mass is 19.1. The van der Waals surface area contributed by atoms with Gasteiger partial charge >= 0.3 is 0 Å². The third kappa shape index (κ3) is 4.27. The Kier molecular flexibility index (Phi) is 5.31. The summed E-state index contributed by atoms with van der Waals surface area (Å²) < 4.78 is 19.0. The normalized spacial score (nSPS) is 21.3. The topological polar surface area (TPSA) is 47.3 Å². The Morgan fingerprint density at radius 1 is 1.47 bits per heavy atom. The zero-order valence-electron chi connectivity index (χ0n) is 11.5. The molecule has 3 nitrogen and oxygen atoms in total. The minimum atomic E-state index is -0.190. The molecule has 0 aliphatic carbocycles. The number of rotatable bonds is 5. The van der Waals surface area contributed by atoms with Gasteiger partial charge in [-0.3, -0.25) is 11.3 Å². The zero-order chi connectivity index (χ0) is 13.7. The number of hydrogen-bond donors (Lipinski definition) is 2. The van der Waals surface area contributed by atoms with Crippen LogP contribution in [0.15, 0.2) is 18.2 Å². The average molecular weight is 266 g/mol. The molecule has 1 fully saturated rings. The summed E-state index contributed by atoms with van der Waals surface area (Å²) in [4.78, 5) is 0. The number of ether oxygens (including phenoxy) is 1. The van der Waals surface area contributed by atoms with Gasteiger partial charge in [-0.05, 0) is 62.3 Å². The molecule has 0 spiro atoms. The van der Waals surface area contributed by atoms with Crippen molar-refractivity contribution in [2.45, 2.75) is 51.2 Å². The van der Waals surface area contributed by atoms with Crippen LogP contribution in [0, 0.1) is 12.7 Å². The molecule has 2 unspecified atom stereocenters. The van der Waals surface area contributed by atoms with Gasteiger partial charge in [0.15, 0.2) is 0 Å². The number of aryl methyl sites for hydroxylation is 1. The third-order valence-corrected chi connectivity index (χ3v) is 3.83. The van der Waals surface area contributed by atoms with Crippen LogP contribution >= 0.6 is 0 Å². The summed E-state index contributed by atoms with van der Waals surface area (Å²) in [5, 5.41) is 0. The van der Waals surface area contributed by atoms with Gasteiger partial charge in [-0.2, -0.15) is 0 Å². The Balaban J connectivity index is 1.95. The lowest BCUT2D eigenvalue weighted by Gasteiger charge is -2.27. The molecule has 0 bridgehead atoms. The fourth-order valence-corrected chi connectivity index (χ4v) is 2.65. The van der Waals surface area contributed by atoms with Gasteiger partial charge in [0.2, 0.25) is 0 Å². The van der Waals surface area contributed by atoms with Crippen molar-refractivity contribution in [2.75, 3.05) is 6.61 Å². The number of nitrogens with one attached hydrogen (secondary N) is 1. The van der Waals surface area contributed by atoms with Crippen molar-refractivity contribution >= 4 is 0 Å². The minimum Gasteiger partial charge on any atom is -0.378 e. The van der Waals surface area contributed by atoms with Gasteiger partial charge in [-0.1, -0.05) is 6.07 Å². The molecule has 1 aliphatic rings. The van der Waals surface area contributed by atoms with E-state index in [0.717, 1.165) is 43.4 Å². The zero-order valence-corrected chi connectivity index (χ0v) is 11.5. The maximum absolute atomic E-state index is 13.3. The molecule has 0 amide bonds. The van der Waals surface area contributed by atoms with Crippen LogP contribution < -0.4 is 11.3 Å². The molecule has 0 aromatic heterocycles. The van der Waals surface area contributed by atoms with Gasteiger partial charge < -0.3 is 4.74 Å². The summed E-state index contributed by atoms with van der Waals surface area (Å²) >= 11 is 0. The summed E-state index contributed by atoms with van der Waals surface area (Å²) in [6.45, 7) is 2.85. The molecule has 1 aromatic carbocycles. The van der Waals surface area contributed by atoms with Crippen molar-refractivity contribution in [3.05, 3.63) is 35.1 Å². The number of hydrogen-bond acceptors (Lipinski definition) is 3. The molecule has 2 atom stereocenters. The van der Waals surface area contributed by atoms with Crippen molar-refractivity contribution < 1.29 is 9.13 Å². The summed E-state index contributed by atoms with van der Waals surface area (Å²) in [5.41, 5.74) is 4.96. The molecule has 0 saturated carbocycles. The van der Waals surface area contributed by atoms with E-state index in [9.17, 15) is 4.39 Å². The van der Waals surface area contributed by atoms with Crippen molar-refractivity contribution in [3.63, 3.8) is 0 Å². The Labute approximate surface area is 114 Å². The minimum absolute atomic E-state index is 0.128. The molecular formula is C15H23FN2O. The van der Waals surface area contributed by atoms with Gasteiger partial charge in [0.25, 0.3) is 0 Å². The molecule has 4 heteroatoms. The first kappa shape index (κ1) is 14.4. The van der Waals surface area contributed by atoms with Crippen LogP contribution in [0.3, 0.4) is 0 Å². The Morgan fingerprint density at radius 2 is 2.32 bits per heavy atom. The van der Waals surface area contributed by atoms with Crippen LogP contribution in [0.1, 0.15) is 36.8 Å². The number of hydrazine groups is 1. The Bertz CT molecular complexity index is 405. The molecule has 2 rings (SSSR count). The largest absolute Gasteiger partial charge is 0.378 e. The van der Waals surface area contributed by atoms with Crippen LogP contribution in [0.5, 0.6) is 0 Å². The van der Waals surface area contributed by atoms with E-state index in [2.05, 4.69) is 5.43 Å². The summed E-state index contributed by atoms with van der Waals surface area (Å²) in [6.07, 6.45) is 5.37. The van der Waals surface area contributed by atoms with Gasteiger partial charge in [0.1, 0.15) is 5.82 Å². The van der Waals surface area contributed by atoms with Crippen molar-refractivity contribution in [1.82, 2.24) is 5.43 Å². The number of nitrogens with two attached hydrogens (primary N) is 1. The van der Waals surface area contributed by atoms with Gasteiger partial charge in [-0.15, -0.1) is 0 Å². The highest BCUT2D eigenvalue weighted by Gasteiger charge is 2.19. The smallest absolute Gasteiger partial charge is 0.123 e.